The first kappa shape index (κ1) is 17.7. The zero-order chi connectivity index (χ0) is 16.5. The summed E-state index contributed by atoms with van der Waals surface area (Å²) in [5.74, 6) is 0.133. The van der Waals surface area contributed by atoms with Crippen molar-refractivity contribution in [1.82, 2.24) is 4.72 Å². The molecule has 0 aliphatic carbocycles. The minimum Gasteiger partial charge on any atom is -0.495 e. The Bertz CT molecular complexity index is 724. The number of rotatable bonds is 6. The van der Waals surface area contributed by atoms with E-state index in [1.807, 2.05) is 0 Å². The molecular weight excluding hydrogens is 316 g/mol. The van der Waals surface area contributed by atoms with Crippen LogP contribution in [0.2, 0.25) is 0 Å². The van der Waals surface area contributed by atoms with Crippen molar-refractivity contribution in [2.24, 2.45) is 0 Å². The zero-order valence-electron chi connectivity index (χ0n) is 12.4. The summed E-state index contributed by atoms with van der Waals surface area (Å²) in [4.78, 5) is -0.130. The van der Waals surface area contributed by atoms with Gasteiger partial charge in [0.2, 0.25) is 10.0 Å². The molecule has 0 bridgehead atoms. The third-order valence-electron chi connectivity index (χ3n) is 3.17. The predicted octanol–water partition coefficient (Wildman–Crippen LogP) is 0.379. The lowest BCUT2D eigenvalue weighted by atomic mass is 10.2. The lowest BCUT2D eigenvalue weighted by Crippen LogP contribution is -2.43. The fourth-order valence-corrected chi connectivity index (χ4v) is 3.22. The minimum atomic E-state index is -3.94. The van der Waals surface area contributed by atoms with E-state index in [9.17, 15) is 16.8 Å². The Kier molecular flexibility index (Phi) is 4.91. The standard InChI is InChI=1S/C12H20N2O5S2/c1-12(2,20(4,15)16)8-14-21(17,18)11-7-9(13)5-6-10(11)19-3/h5-7,14H,8,13H2,1-4H3. The van der Waals surface area contributed by atoms with Crippen LogP contribution in [0.4, 0.5) is 5.69 Å². The van der Waals surface area contributed by atoms with Crippen molar-refractivity contribution < 1.29 is 21.6 Å². The zero-order valence-corrected chi connectivity index (χ0v) is 14.0. The average molecular weight is 336 g/mol. The second-order valence-corrected chi connectivity index (χ2v) is 9.65. The number of methoxy groups -OCH3 is 1. The molecule has 3 N–H and O–H groups in total. The minimum absolute atomic E-state index is 0.130. The number of nitrogen functional groups attached to an aromatic ring is 1. The molecule has 0 aliphatic heterocycles. The van der Waals surface area contributed by atoms with Crippen molar-refractivity contribution in [3.63, 3.8) is 0 Å². The number of anilines is 1. The second kappa shape index (κ2) is 5.82. The molecule has 0 saturated heterocycles. The lowest BCUT2D eigenvalue weighted by molar-refractivity contribution is 0.402. The first-order valence-corrected chi connectivity index (χ1v) is 9.41. The van der Waals surface area contributed by atoms with Crippen LogP contribution in [0, 0.1) is 0 Å². The summed E-state index contributed by atoms with van der Waals surface area (Å²) in [6.07, 6.45) is 1.06. The monoisotopic (exact) mass is 336 g/mol. The highest BCUT2D eigenvalue weighted by molar-refractivity contribution is 7.92. The quantitative estimate of drug-likeness (QED) is 0.726. The van der Waals surface area contributed by atoms with Gasteiger partial charge in [0.25, 0.3) is 0 Å². The molecule has 21 heavy (non-hydrogen) atoms. The van der Waals surface area contributed by atoms with Crippen molar-refractivity contribution in [2.45, 2.75) is 23.5 Å². The molecule has 1 aromatic rings. The Hall–Kier alpha value is -1.32. The molecule has 0 amide bonds. The molecule has 0 radical (unpaired) electrons. The molecule has 0 saturated carbocycles. The van der Waals surface area contributed by atoms with Crippen molar-refractivity contribution in [2.75, 3.05) is 25.6 Å². The van der Waals surface area contributed by atoms with E-state index in [4.69, 9.17) is 10.5 Å². The van der Waals surface area contributed by atoms with Gasteiger partial charge in [-0.05, 0) is 32.0 Å². The normalized spacial score (nSPS) is 13.1. The maximum Gasteiger partial charge on any atom is 0.244 e. The fraction of sp³-hybridized carbons (Fsp3) is 0.500. The van der Waals surface area contributed by atoms with Gasteiger partial charge >= 0.3 is 0 Å². The van der Waals surface area contributed by atoms with E-state index >= 15 is 0 Å². The van der Waals surface area contributed by atoms with Crippen molar-refractivity contribution in [3.8, 4) is 5.75 Å². The van der Waals surface area contributed by atoms with Crippen LogP contribution in [0.5, 0.6) is 5.75 Å². The summed E-state index contributed by atoms with van der Waals surface area (Å²) in [5.41, 5.74) is 5.85. The number of ether oxygens (including phenoxy) is 1. The SMILES string of the molecule is COc1ccc(N)cc1S(=O)(=O)NCC(C)(C)S(C)(=O)=O. The molecule has 9 heteroatoms. The van der Waals surface area contributed by atoms with E-state index in [-0.39, 0.29) is 22.9 Å². The van der Waals surface area contributed by atoms with E-state index in [1.165, 1.54) is 39.2 Å². The smallest absolute Gasteiger partial charge is 0.244 e. The number of nitrogens with two attached hydrogens (primary N) is 1. The van der Waals surface area contributed by atoms with Crippen molar-refractivity contribution >= 4 is 25.5 Å². The average Bonchev–Trinajstić information content (AvgIpc) is 2.35. The number of benzene rings is 1. The van der Waals surface area contributed by atoms with E-state index in [1.54, 1.807) is 0 Å². The summed E-state index contributed by atoms with van der Waals surface area (Å²) >= 11 is 0. The van der Waals surface area contributed by atoms with Crippen LogP contribution in [0.3, 0.4) is 0 Å². The highest BCUT2D eigenvalue weighted by atomic mass is 32.2. The highest BCUT2D eigenvalue weighted by Crippen LogP contribution is 2.26. The molecule has 0 aliphatic rings. The van der Waals surface area contributed by atoms with Crippen LogP contribution in [-0.2, 0) is 19.9 Å². The molecule has 0 unspecified atom stereocenters. The molecule has 0 spiro atoms. The van der Waals surface area contributed by atoms with Crippen LogP contribution in [-0.4, -0.2) is 41.5 Å². The van der Waals surface area contributed by atoms with Gasteiger partial charge in [0, 0.05) is 18.5 Å². The van der Waals surface area contributed by atoms with Gasteiger partial charge < -0.3 is 10.5 Å². The first-order chi connectivity index (χ1) is 9.40. The van der Waals surface area contributed by atoms with Crippen LogP contribution < -0.4 is 15.2 Å². The topological polar surface area (TPSA) is 116 Å². The van der Waals surface area contributed by atoms with Gasteiger partial charge in [0.05, 0.1) is 11.9 Å². The molecule has 1 aromatic carbocycles. The highest BCUT2D eigenvalue weighted by Gasteiger charge is 2.32. The molecule has 7 nitrogen and oxygen atoms in total. The van der Waals surface area contributed by atoms with Crippen LogP contribution in [0.15, 0.2) is 23.1 Å². The lowest BCUT2D eigenvalue weighted by Gasteiger charge is -2.23. The van der Waals surface area contributed by atoms with Gasteiger partial charge in [0.1, 0.15) is 10.6 Å². The second-order valence-electron chi connectivity index (χ2n) is 5.27. The summed E-state index contributed by atoms with van der Waals surface area (Å²) in [5, 5.41) is 0. The molecule has 0 aromatic heterocycles. The fourth-order valence-electron chi connectivity index (χ4n) is 1.38. The van der Waals surface area contributed by atoms with Gasteiger partial charge in [-0.2, -0.15) is 0 Å². The summed E-state index contributed by atoms with van der Waals surface area (Å²) in [6.45, 7) is 2.63. The largest absolute Gasteiger partial charge is 0.495 e. The number of sulfonamides is 1. The van der Waals surface area contributed by atoms with E-state index in [0.29, 0.717) is 0 Å². The van der Waals surface area contributed by atoms with Crippen LogP contribution >= 0.6 is 0 Å². The summed E-state index contributed by atoms with van der Waals surface area (Å²) < 4.78 is 53.8. The number of hydrogen-bond donors (Lipinski definition) is 2. The Morgan fingerprint density at radius 1 is 1.24 bits per heavy atom. The predicted molar refractivity (Wildman–Crippen MR) is 81.5 cm³/mol. The third kappa shape index (κ3) is 4.08. The Balaban J connectivity index is 3.12. The maximum absolute atomic E-state index is 12.3. The molecule has 0 atom stereocenters. The van der Waals surface area contributed by atoms with Crippen molar-refractivity contribution in [3.05, 3.63) is 18.2 Å². The number of nitrogens with one attached hydrogen (secondary N) is 1. The summed E-state index contributed by atoms with van der Waals surface area (Å²) in [6, 6.07) is 4.21. The van der Waals surface area contributed by atoms with Gasteiger partial charge in [-0.1, -0.05) is 0 Å². The molecule has 0 heterocycles. The van der Waals surface area contributed by atoms with Gasteiger partial charge in [-0.25, -0.2) is 21.6 Å². The van der Waals surface area contributed by atoms with E-state index < -0.39 is 24.6 Å². The maximum atomic E-state index is 12.3. The van der Waals surface area contributed by atoms with E-state index in [0.717, 1.165) is 6.26 Å². The first-order valence-electron chi connectivity index (χ1n) is 6.03. The van der Waals surface area contributed by atoms with E-state index in [2.05, 4.69) is 4.72 Å². The van der Waals surface area contributed by atoms with Crippen LogP contribution in [0.25, 0.3) is 0 Å². The Morgan fingerprint density at radius 2 is 1.81 bits per heavy atom. The number of hydrogen-bond acceptors (Lipinski definition) is 6. The van der Waals surface area contributed by atoms with Gasteiger partial charge in [-0.15, -0.1) is 0 Å². The van der Waals surface area contributed by atoms with Gasteiger partial charge in [-0.3, -0.25) is 0 Å². The van der Waals surface area contributed by atoms with Crippen molar-refractivity contribution in [1.29, 1.82) is 0 Å². The Labute approximate surface area is 125 Å². The van der Waals surface area contributed by atoms with Crippen LogP contribution in [0.1, 0.15) is 13.8 Å². The molecule has 120 valence electrons. The third-order valence-corrected chi connectivity index (χ3v) is 6.74. The summed E-state index contributed by atoms with van der Waals surface area (Å²) in [7, 11) is -6.01. The molecule has 0 fully saturated rings. The molecule has 1 rings (SSSR count). The van der Waals surface area contributed by atoms with Gasteiger partial charge in [0.15, 0.2) is 9.84 Å². The Morgan fingerprint density at radius 3 is 2.29 bits per heavy atom. The molecular formula is C12H20N2O5S2. The number of sulfone groups is 1.